The van der Waals surface area contributed by atoms with Gasteiger partial charge in [-0.1, -0.05) is 72.8 Å². The molecule has 2 aromatic carbocycles. The second-order valence-electron chi connectivity index (χ2n) is 4.86. The third-order valence-electron chi connectivity index (χ3n) is 3.04. The van der Waals surface area contributed by atoms with E-state index in [1.165, 1.54) is 0 Å². The molecule has 4 nitrogen and oxygen atoms in total. The second kappa shape index (κ2) is 9.79. The van der Waals surface area contributed by atoms with Gasteiger partial charge in [0, 0.05) is 0 Å². The quantitative estimate of drug-likeness (QED) is 0.628. The summed E-state index contributed by atoms with van der Waals surface area (Å²) in [5, 5.41) is 4.09. The number of ether oxygens (including phenoxy) is 1. The van der Waals surface area contributed by atoms with Gasteiger partial charge in [-0.25, -0.2) is 10.2 Å². The van der Waals surface area contributed by atoms with Crippen LogP contribution in [0.2, 0.25) is 0 Å². The minimum Gasteiger partial charge on any atom is -0.449 e. The van der Waals surface area contributed by atoms with E-state index in [9.17, 15) is 4.79 Å². The number of carbonyl (C=O) groups excluding carboxylic acids is 1. The normalized spacial score (nSPS) is 10.7. The van der Waals surface area contributed by atoms with Crippen molar-refractivity contribution in [3.05, 3.63) is 83.9 Å². The molecule has 0 unspecified atom stereocenters. The standard InChI is InChI=1S/C20H20N2O2/c1-2-24-20(23)22-21-19(15-13-17-9-5-3-6-10-17)16-14-18-11-7-4-8-12-18/h3-16H,2H2,1H3,(H,22,23)/b15-13+,16-14+. The topological polar surface area (TPSA) is 50.7 Å². The van der Waals surface area contributed by atoms with E-state index in [-0.39, 0.29) is 0 Å². The van der Waals surface area contributed by atoms with E-state index >= 15 is 0 Å². The van der Waals surface area contributed by atoms with Gasteiger partial charge in [-0.2, -0.15) is 5.10 Å². The molecule has 4 heteroatoms. The first-order valence-electron chi connectivity index (χ1n) is 7.74. The first-order valence-corrected chi connectivity index (χ1v) is 7.74. The van der Waals surface area contributed by atoms with Gasteiger partial charge in [0.2, 0.25) is 0 Å². The van der Waals surface area contributed by atoms with Crippen LogP contribution in [-0.2, 0) is 4.74 Å². The van der Waals surface area contributed by atoms with E-state index in [0.29, 0.717) is 12.3 Å². The Morgan fingerprint density at radius 2 is 1.46 bits per heavy atom. The summed E-state index contributed by atoms with van der Waals surface area (Å²) in [5.41, 5.74) is 5.09. The Hall–Kier alpha value is -3.14. The van der Waals surface area contributed by atoms with Crippen molar-refractivity contribution in [1.29, 1.82) is 0 Å². The average molecular weight is 320 g/mol. The molecule has 0 heterocycles. The average Bonchev–Trinajstić information content (AvgIpc) is 2.63. The maximum Gasteiger partial charge on any atom is 0.427 e. The van der Waals surface area contributed by atoms with Crippen molar-refractivity contribution in [3.63, 3.8) is 0 Å². The molecule has 0 bridgehead atoms. The third kappa shape index (κ3) is 6.32. The number of nitrogens with one attached hydrogen (secondary N) is 1. The summed E-state index contributed by atoms with van der Waals surface area (Å²) in [6.07, 6.45) is 6.96. The molecule has 2 aromatic rings. The fourth-order valence-electron chi connectivity index (χ4n) is 1.90. The fourth-order valence-corrected chi connectivity index (χ4v) is 1.90. The highest BCUT2D eigenvalue weighted by Crippen LogP contribution is 2.04. The number of allylic oxidation sites excluding steroid dienone is 2. The van der Waals surface area contributed by atoms with Crippen molar-refractivity contribution in [1.82, 2.24) is 5.43 Å². The third-order valence-corrected chi connectivity index (χ3v) is 3.04. The lowest BCUT2D eigenvalue weighted by Gasteiger charge is -2.01. The number of hydrogen-bond donors (Lipinski definition) is 1. The van der Waals surface area contributed by atoms with Gasteiger partial charge in [0.1, 0.15) is 0 Å². The van der Waals surface area contributed by atoms with Crippen LogP contribution in [0.4, 0.5) is 4.79 Å². The Labute approximate surface area is 142 Å². The van der Waals surface area contributed by atoms with Crippen LogP contribution in [0.5, 0.6) is 0 Å². The highest BCUT2D eigenvalue weighted by molar-refractivity contribution is 6.08. The number of nitrogens with zero attached hydrogens (tertiary/aromatic N) is 1. The van der Waals surface area contributed by atoms with Crippen LogP contribution in [0, 0.1) is 0 Å². The van der Waals surface area contributed by atoms with Crippen LogP contribution >= 0.6 is 0 Å². The lowest BCUT2D eigenvalue weighted by molar-refractivity contribution is 0.152. The van der Waals surface area contributed by atoms with Crippen molar-refractivity contribution >= 4 is 24.0 Å². The maximum absolute atomic E-state index is 11.4. The van der Waals surface area contributed by atoms with Gasteiger partial charge < -0.3 is 4.74 Å². The minimum absolute atomic E-state index is 0.302. The van der Waals surface area contributed by atoms with E-state index in [1.807, 2.05) is 85.0 Å². The highest BCUT2D eigenvalue weighted by atomic mass is 16.5. The number of amides is 1. The molecule has 0 atom stereocenters. The molecule has 0 fully saturated rings. The molecule has 0 radical (unpaired) electrons. The van der Waals surface area contributed by atoms with Crippen molar-refractivity contribution in [2.45, 2.75) is 6.92 Å². The minimum atomic E-state index is -0.573. The fraction of sp³-hybridized carbons (Fsp3) is 0.100. The molecule has 122 valence electrons. The van der Waals surface area contributed by atoms with Crippen LogP contribution in [0.1, 0.15) is 18.1 Å². The summed E-state index contributed by atoms with van der Waals surface area (Å²) < 4.78 is 4.81. The number of benzene rings is 2. The zero-order valence-electron chi connectivity index (χ0n) is 13.6. The molecule has 1 amide bonds. The lowest BCUT2D eigenvalue weighted by atomic mass is 10.1. The van der Waals surface area contributed by atoms with Crippen LogP contribution in [-0.4, -0.2) is 18.4 Å². The summed E-state index contributed by atoms with van der Waals surface area (Å²) in [6.45, 7) is 2.05. The predicted molar refractivity (Wildman–Crippen MR) is 98.5 cm³/mol. The molecule has 24 heavy (non-hydrogen) atoms. The van der Waals surface area contributed by atoms with Crippen molar-refractivity contribution in [2.75, 3.05) is 6.61 Å². The molecule has 0 aromatic heterocycles. The molecule has 0 saturated carbocycles. The lowest BCUT2D eigenvalue weighted by Crippen LogP contribution is -2.19. The molecule has 0 spiro atoms. The van der Waals surface area contributed by atoms with Crippen molar-refractivity contribution in [3.8, 4) is 0 Å². The van der Waals surface area contributed by atoms with Gasteiger partial charge in [-0.15, -0.1) is 0 Å². The van der Waals surface area contributed by atoms with Gasteiger partial charge >= 0.3 is 6.09 Å². The SMILES string of the molecule is CCOC(=O)NN=C(/C=C/c1ccccc1)/C=C/c1ccccc1. The molecular formula is C20H20N2O2. The monoisotopic (exact) mass is 320 g/mol. The molecule has 0 aliphatic heterocycles. The van der Waals surface area contributed by atoms with E-state index in [1.54, 1.807) is 6.92 Å². The first kappa shape index (κ1) is 17.2. The number of hydrogen-bond acceptors (Lipinski definition) is 3. The van der Waals surface area contributed by atoms with Gasteiger partial charge in [0.05, 0.1) is 12.3 Å². The van der Waals surface area contributed by atoms with Crippen LogP contribution < -0.4 is 5.43 Å². The van der Waals surface area contributed by atoms with Crippen LogP contribution in [0.15, 0.2) is 77.9 Å². The number of rotatable bonds is 6. The molecule has 0 aliphatic rings. The second-order valence-corrected chi connectivity index (χ2v) is 4.86. The summed E-state index contributed by atoms with van der Waals surface area (Å²) in [7, 11) is 0. The highest BCUT2D eigenvalue weighted by Gasteiger charge is 1.98. The molecule has 0 saturated heterocycles. The van der Waals surface area contributed by atoms with Crippen molar-refractivity contribution in [2.24, 2.45) is 5.10 Å². The summed E-state index contributed by atoms with van der Waals surface area (Å²) >= 11 is 0. The van der Waals surface area contributed by atoms with Gasteiger partial charge in [-0.05, 0) is 30.2 Å². The van der Waals surface area contributed by atoms with Gasteiger partial charge in [0.15, 0.2) is 0 Å². The van der Waals surface area contributed by atoms with Crippen LogP contribution in [0.3, 0.4) is 0 Å². The van der Waals surface area contributed by atoms with E-state index in [4.69, 9.17) is 4.74 Å². The zero-order valence-corrected chi connectivity index (χ0v) is 13.6. The smallest absolute Gasteiger partial charge is 0.427 e. The predicted octanol–water partition coefficient (Wildman–Crippen LogP) is 4.52. The van der Waals surface area contributed by atoms with Crippen LogP contribution in [0.25, 0.3) is 12.2 Å². The Balaban J connectivity index is 2.14. The summed E-state index contributed by atoms with van der Waals surface area (Å²) in [4.78, 5) is 11.4. The number of hydrazone groups is 1. The molecule has 2 rings (SSSR count). The summed E-state index contributed by atoms with van der Waals surface area (Å²) in [6, 6.07) is 19.8. The van der Waals surface area contributed by atoms with E-state index in [0.717, 1.165) is 11.1 Å². The Kier molecular flexibility index (Phi) is 7.02. The van der Waals surface area contributed by atoms with Crippen molar-refractivity contribution < 1.29 is 9.53 Å². The Morgan fingerprint density at radius 1 is 0.958 bits per heavy atom. The largest absolute Gasteiger partial charge is 0.449 e. The van der Waals surface area contributed by atoms with Gasteiger partial charge in [0.25, 0.3) is 0 Å². The summed E-state index contributed by atoms with van der Waals surface area (Å²) in [5.74, 6) is 0. The maximum atomic E-state index is 11.4. The van der Waals surface area contributed by atoms with E-state index < -0.39 is 6.09 Å². The number of carbonyl (C=O) groups is 1. The first-order chi connectivity index (χ1) is 11.8. The zero-order chi connectivity index (χ0) is 17.0. The van der Waals surface area contributed by atoms with E-state index in [2.05, 4.69) is 10.5 Å². The Morgan fingerprint density at radius 3 is 1.92 bits per heavy atom. The van der Waals surface area contributed by atoms with Gasteiger partial charge in [-0.3, -0.25) is 0 Å². The molecule has 1 N–H and O–H groups in total. The molecular weight excluding hydrogens is 300 g/mol. The Bertz CT molecular complexity index is 668. The molecule has 0 aliphatic carbocycles.